The van der Waals surface area contributed by atoms with Gasteiger partial charge in [-0.25, -0.2) is 18.4 Å². The van der Waals surface area contributed by atoms with E-state index in [1.165, 1.54) is 18.4 Å². The van der Waals surface area contributed by atoms with Gasteiger partial charge in [-0.15, -0.1) is 11.3 Å². The van der Waals surface area contributed by atoms with E-state index in [1.807, 2.05) is 6.07 Å². The van der Waals surface area contributed by atoms with Crippen molar-refractivity contribution in [2.45, 2.75) is 6.54 Å². The lowest BCUT2D eigenvalue weighted by molar-refractivity contribution is 0.0341. The first-order chi connectivity index (χ1) is 17.8. The molecule has 1 aliphatic rings. The first-order valence-electron chi connectivity index (χ1n) is 11.3. The summed E-state index contributed by atoms with van der Waals surface area (Å²) in [6, 6.07) is 5.24. The maximum Gasteiger partial charge on any atom is 0.275 e. The number of rotatable bonds is 8. The Labute approximate surface area is 217 Å². The molecule has 0 atom stereocenters. The number of aromatic nitrogens is 4. The van der Waals surface area contributed by atoms with Gasteiger partial charge in [0, 0.05) is 35.6 Å². The standard InChI is InChI=1S/C23H25N7O5S2/c1-34-23-19(29-37(2,32)33)9-15(10-24-23)14-7-17(16-11-25-28-18(16)8-14)27-22(31)20-13-36-21(26-20)12-30-3-5-35-6-4-30/h7-11,13,29H,3-6,12H2,1-2H3,(H,25,28)(H,27,31). The zero-order valence-corrected chi connectivity index (χ0v) is 21.8. The van der Waals surface area contributed by atoms with Gasteiger partial charge in [-0.05, 0) is 23.8 Å². The normalized spacial score (nSPS) is 14.5. The number of sulfonamides is 1. The molecule has 4 heterocycles. The van der Waals surface area contributed by atoms with E-state index in [-0.39, 0.29) is 17.5 Å². The fraction of sp³-hybridized carbons (Fsp3) is 0.304. The van der Waals surface area contributed by atoms with Crippen molar-refractivity contribution in [3.63, 3.8) is 0 Å². The third-order valence-electron chi connectivity index (χ3n) is 5.73. The van der Waals surface area contributed by atoms with Gasteiger partial charge in [0.05, 0.1) is 50.5 Å². The molecule has 5 rings (SSSR count). The van der Waals surface area contributed by atoms with Crippen LogP contribution in [0.25, 0.3) is 22.0 Å². The highest BCUT2D eigenvalue weighted by atomic mass is 32.2. The van der Waals surface area contributed by atoms with Gasteiger partial charge < -0.3 is 14.8 Å². The van der Waals surface area contributed by atoms with Crippen molar-refractivity contribution < 1.29 is 22.7 Å². The summed E-state index contributed by atoms with van der Waals surface area (Å²) in [5.41, 5.74) is 3.05. The van der Waals surface area contributed by atoms with Crippen molar-refractivity contribution in [3.8, 4) is 17.0 Å². The summed E-state index contributed by atoms with van der Waals surface area (Å²) in [5.74, 6) is -0.196. The van der Waals surface area contributed by atoms with Crippen LogP contribution in [0.3, 0.4) is 0 Å². The summed E-state index contributed by atoms with van der Waals surface area (Å²) >= 11 is 1.45. The molecule has 1 aliphatic heterocycles. The van der Waals surface area contributed by atoms with Crippen LogP contribution in [0.4, 0.5) is 11.4 Å². The quantitative estimate of drug-likeness (QED) is 0.304. The number of nitrogens with zero attached hydrogens (tertiary/aromatic N) is 4. The third kappa shape index (κ3) is 5.88. The highest BCUT2D eigenvalue weighted by molar-refractivity contribution is 7.92. The Morgan fingerprint density at radius 1 is 1.19 bits per heavy atom. The number of aromatic amines is 1. The summed E-state index contributed by atoms with van der Waals surface area (Å²) in [4.78, 5) is 24.1. The number of methoxy groups -OCH3 is 1. The Bertz CT molecular complexity index is 1540. The monoisotopic (exact) mass is 543 g/mol. The Hall–Kier alpha value is -3.59. The maximum absolute atomic E-state index is 13.1. The van der Waals surface area contributed by atoms with Gasteiger partial charge in [0.2, 0.25) is 15.9 Å². The second kappa shape index (κ2) is 10.4. The minimum absolute atomic E-state index is 0.140. The molecule has 4 aromatic rings. The number of nitrogens with one attached hydrogen (secondary N) is 3. The zero-order chi connectivity index (χ0) is 26.0. The van der Waals surface area contributed by atoms with E-state index >= 15 is 0 Å². The van der Waals surface area contributed by atoms with E-state index in [0.717, 1.165) is 29.7 Å². The van der Waals surface area contributed by atoms with Crippen LogP contribution in [0.15, 0.2) is 36.0 Å². The van der Waals surface area contributed by atoms with Crippen molar-refractivity contribution >= 4 is 49.5 Å². The number of carbonyl (C=O) groups excluding carboxylic acids is 1. The number of benzene rings is 1. The van der Waals surface area contributed by atoms with Crippen LogP contribution in [0.1, 0.15) is 15.5 Å². The molecule has 1 saturated heterocycles. The van der Waals surface area contributed by atoms with Crippen molar-refractivity contribution in [1.29, 1.82) is 0 Å². The molecular weight excluding hydrogens is 518 g/mol. The molecular formula is C23H25N7O5S2. The molecule has 3 aromatic heterocycles. The summed E-state index contributed by atoms with van der Waals surface area (Å²) in [6.07, 6.45) is 4.24. The van der Waals surface area contributed by atoms with Crippen LogP contribution in [-0.2, 0) is 21.3 Å². The van der Waals surface area contributed by atoms with Gasteiger partial charge in [-0.2, -0.15) is 5.10 Å². The molecule has 1 aromatic carbocycles. The van der Waals surface area contributed by atoms with Crippen molar-refractivity contribution in [2.75, 3.05) is 49.7 Å². The smallest absolute Gasteiger partial charge is 0.275 e. The number of thiazole rings is 1. The minimum atomic E-state index is -3.56. The summed E-state index contributed by atoms with van der Waals surface area (Å²) in [6.45, 7) is 3.76. The first-order valence-corrected chi connectivity index (χ1v) is 14.1. The van der Waals surface area contributed by atoms with E-state index < -0.39 is 10.0 Å². The van der Waals surface area contributed by atoms with Crippen LogP contribution in [-0.4, -0.2) is 79.1 Å². The van der Waals surface area contributed by atoms with Gasteiger partial charge in [-0.1, -0.05) is 0 Å². The van der Waals surface area contributed by atoms with Crippen LogP contribution in [0.2, 0.25) is 0 Å². The molecule has 0 radical (unpaired) electrons. The van der Waals surface area contributed by atoms with Crippen LogP contribution >= 0.6 is 11.3 Å². The second-order valence-electron chi connectivity index (χ2n) is 8.48. The summed E-state index contributed by atoms with van der Waals surface area (Å²) in [7, 11) is -2.15. The Kier molecular flexibility index (Phi) is 7.06. The number of hydrogen-bond acceptors (Lipinski definition) is 10. The highest BCUT2D eigenvalue weighted by Gasteiger charge is 2.18. The fourth-order valence-electron chi connectivity index (χ4n) is 3.99. The van der Waals surface area contributed by atoms with E-state index in [0.29, 0.717) is 47.8 Å². The first kappa shape index (κ1) is 25.1. The molecule has 12 nitrogen and oxygen atoms in total. The largest absolute Gasteiger partial charge is 0.480 e. The molecule has 194 valence electrons. The number of pyridine rings is 1. The molecule has 1 amide bonds. The Morgan fingerprint density at radius 3 is 2.73 bits per heavy atom. The average Bonchev–Trinajstić information content (AvgIpc) is 3.53. The van der Waals surface area contributed by atoms with Crippen molar-refractivity contribution in [3.05, 3.63) is 46.7 Å². The molecule has 0 bridgehead atoms. The predicted molar refractivity (Wildman–Crippen MR) is 141 cm³/mol. The summed E-state index contributed by atoms with van der Waals surface area (Å²) in [5, 5.41) is 13.3. The number of carbonyl (C=O) groups is 1. The number of H-pyrrole nitrogens is 1. The Balaban J connectivity index is 1.42. The lowest BCUT2D eigenvalue weighted by Gasteiger charge is -2.25. The predicted octanol–water partition coefficient (Wildman–Crippen LogP) is 2.55. The van der Waals surface area contributed by atoms with E-state index in [1.54, 1.807) is 29.9 Å². The number of amides is 1. The molecule has 0 spiro atoms. The van der Waals surface area contributed by atoms with Crippen LogP contribution in [0, 0.1) is 0 Å². The molecule has 3 N–H and O–H groups in total. The molecule has 37 heavy (non-hydrogen) atoms. The van der Waals surface area contributed by atoms with E-state index in [9.17, 15) is 13.2 Å². The van der Waals surface area contributed by atoms with Gasteiger partial charge in [0.15, 0.2) is 0 Å². The lowest BCUT2D eigenvalue weighted by atomic mass is 10.0. The van der Waals surface area contributed by atoms with Gasteiger partial charge in [0.1, 0.15) is 16.4 Å². The minimum Gasteiger partial charge on any atom is -0.480 e. The number of fused-ring (bicyclic) bond motifs is 1. The summed E-state index contributed by atoms with van der Waals surface area (Å²) < 4.78 is 36.6. The lowest BCUT2D eigenvalue weighted by Crippen LogP contribution is -2.35. The van der Waals surface area contributed by atoms with Gasteiger partial charge >= 0.3 is 0 Å². The SMILES string of the molecule is COc1ncc(-c2cc(NC(=O)c3csc(CN4CCOCC4)n3)c3cn[nH]c3c2)cc1NS(C)(=O)=O. The topological polar surface area (TPSA) is 151 Å². The average molecular weight is 544 g/mol. The molecule has 0 saturated carbocycles. The number of morpholine rings is 1. The molecule has 0 unspecified atom stereocenters. The van der Waals surface area contributed by atoms with Crippen LogP contribution < -0.4 is 14.8 Å². The number of anilines is 2. The number of ether oxygens (including phenoxy) is 2. The fourth-order valence-corrected chi connectivity index (χ4v) is 5.35. The van der Waals surface area contributed by atoms with Crippen molar-refractivity contribution in [2.24, 2.45) is 0 Å². The molecule has 1 fully saturated rings. The zero-order valence-electron chi connectivity index (χ0n) is 20.1. The van der Waals surface area contributed by atoms with Gasteiger partial charge in [0.25, 0.3) is 5.91 Å². The van der Waals surface area contributed by atoms with Gasteiger partial charge in [-0.3, -0.25) is 19.5 Å². The highest BCUT2D eigenvalue weighted by Crippen LogP contribution is 2.33. The van der Waals surface area contributed by atoms with E-state index in [2.05, 4.69) is 35.1 Å². The molecule has 14 heteroatoms. The Morgan fingerprint density at radius 2 is 1.97 bits per heavy atom. The van der Waals surface area contributed by atoms with E-state index in [4.69, 9.17) is 9.47 Å². The molecule has 0 aliphatic carbocycles. The van der Waals surface area contributed by atoms with Crippen molar-refractivity contribution in [1.82, 2.24) is 25.1 Å². The maximum atomic E-state index is 13.1. The number of hydrogen-bond donors (Lipinski definition) is 3. The second-order valence-corrected chi connectivity index (χ2v) is 11.2. The van der Waals surface area contributed by atoms with Crippen LogP contribution in [0.5, 0.6) is 5.88 Å². The third-order valence-corrected chi connectivity index (χ3v) is 7.15.